The molecule has 0 aliphatic rings. The Morgan fingerprint density at radius 3 is 2.12 bits per heavy atom. The predicted molar refractivity (Wildman–Crippen MR) is 53.0 cm³/mol. The summed E-state index contributed by atoms with van der Waals surface area (Å²) in [4.78, 5) is 0. The van der Waals surface area contributed by atoms with Crippen LogP contribution >= 0.6 is 12.2 Å². The average Bonchev–Trinajstić information content (AvgIpc) is 2.58. The largest absolute Gasteiger partial charge is 0.368 e. The van der Waals surface area contributed by atoms with Crippen molar-refractivity contribution in [2.75, 3.05) is 5.73 Å². The first-order valence-corrected chi connectivity index (χ1v) is 4.60. The monoisotopic (exact) mass is 264 g/mol. The van der Waals surface area contributed by atoms with Crippen LogP contribution in [0.1, 0.15) is 0 Å². The summed E-state index contributed by atoms with van der Waals surface area (Å²) >= 11 is 4.65. The summed E-state index contributed by atoms with van der Waals surface area (Å²) < 4.78 is 53.1. The smallest absolute Gasteiger partial charge is 0.225 e. The highest BCUT2D eigenvalue weighted by molar-refractivity contribution is 7.71. The maximum Gasteiger partial charge on any atom is 0.225 e. The number of halogens is 4. The second-order valence-electron chi connectivity index (χ2n) is 3.04. The number of rotatable bonds is 1. The molecule has 0 bridgehead atoms. The van der Waals surface area contributed by atoms with Crippen LogP contribution in [0.2, 0.25) is 0 Å². The van der Waals surface area contributed by atoms with Crippen molar-refractivity contribution in [3.05, 3.63) is 34.1 Å². The van der Waals surface area contributed by atoms with E-state index in [2.05, 4.69) is 22.4 Å². The molecular weight excluding hydrogens is 260 g/mol. The number of aromatic amines is 1. The SMILES string of the molecule is Nc1n[nH]c(=S)n1-c1c(F)c(F)cc(F)c1F. The van der Waals surface area contributed by atoms with Gasteiger partial charge >= 0.3 is 0 Å². The zero-order chi connectivity index (χ0) is 12.7. The van der Waals surface area contributed by atoms with Crippen LogP contribution in [0.15, 0.2) is 6.07 Å². The van der Waals surface area contributed by atoms with Crippen molar-refractivity contribution in [1.29, 1.82) is 0 Å². The second-order valence-corrected chi connectivity index (χ2v) is 3.43. The van der Waals surface area contributed by atoms with Gasteiger partial charge in [-0.15, -0.1) is 5.10 Å². The summed E-state index contributed by atoms with van der Waals surface area (Å²) in [5.74, 6) is -6.73. The first kappa shape index (κ1) is 11.6. The number of benzene rings is 1. The molecule has 0 atom stereocenters. The lowest BCUT2D eigenvalue weighted by Gasteiger charge is -2.08. The topological polar surface area (TPSA) is 59.6 Å². The van der Waals surface area contributed by atoms with Gasteiger partial charge in [-0.25, -0.2) is 27.2 Å². The molecule has 3 N–H and O–H groups in total. The third kappa shape index (κ3) is 1.68. The Labute approximate surface area is 96.7 Å². The van der Waals surface area contributed by atoms with Gasteiger partial charge in [-0.3, -0.25) is 0 Å². The van der Waals surface area contributed by atoms with Gasteiger partial charge in [-0.05, 0) is 12.2 Å². The Morgan fingerprint density at radius 2 is 1.71 bits per heavy atom. The number of nitrogens with one attached hydrogen (secondary N) is 1. The number of H-pyrrole nitrogens is 1. The molecule has 0 amide bonds. The van der Waals surface area contributed by atoms with Crippen molar-refractivity contribution in [3.8, 4) is 5.69 Å². The molecule has 0 spiro atoms. The third-order valence-corrected chi connectivity index (χ3v) is 2.28. The van der Waals surface area contributed by atoms with Crippen molar-refractivity contribution in [2.45, 2.75) is 0 Å². The van der Waals surface area contributed by atoms with Crippen molar-refractivity contribution >= 4 is 18.2 Å². The molecule has 1 heterocycles. The minimum absolute atomic E-state index is 0.0913. The number of nitrogens with two attached hydrogens (primary N) is 1. The maximum absolute atomic E-state index is 13.4. The normalized spacial score (nSPS) is 10.8. The molecule has 17 heavy (non-hydrogen) atoms. The molecule has 0 saturated carbocycles. The van der Waals surface area contributed by atoms with Crippen LogP contribution in [-0.2, 0) is 0 Å². The van der Waals surface area contributed by atoms with Gasteiger partial charge in [-0.2, -0.15) is 0 Å². The van der Waals surface area contributed by atoms with Crippen molar-refractivity contribution in [2.24, 2.45) is 0 Å². The highest BCUT2D eigenvalue weighted by Crippen LogP contribution is 2.24. The van der Waals surface area contributed by atoms with Crippen LogP contribution in [0.5, 0.6) is 0 Å². The summed E-state index contributed by atoms with van der Waals surface area (Å²) in [5, 5.41) is 5.52. The maximum atomic E-state index is 13.4. The minimum Gasteiger partial charge on any atom is -0.368 e. The van der Waals surface area contributed by atoms with Crippen molar-refractivity contribution < 1.29 is 17.6 Å². The quantitative estimate of drug-likeness (QED) is 0.471. The highest BCUT2D eigenvalue weighted by Gasteiger charge is 2.22. The lowest BCUT2D eigenvalue weighted by molar-refractivity contribution is 0.448. The molecule has 9 heteroatoms. The summed E-state index contributed by atoms with van der Waals surface area (Å²) in [5.41, 5.74) is 4.24. The fourth-order valence-electron chi connectivity index (χ4n) is 1.28. The molecule has 4 nitrogen and oxygen atoms in total. The van der Waals surface area contributed by atoms with Crippen LogP contribution in [0.25, 0.3) is 5.69 Å². The number of hydrogen-bond donors (Lipinski definition) is 2. The lowest BCUT2D eigenvalue weighted by atomic mass is 10.2. The van der Waals surface area contributed by atoms with E-state index in [1.807, 2.05) is 0 Å². The number of anilines is 1. The van der Waals surface area contributed by atoms with Crippen molar-refractivity contribution in [3.63, 3.8) is 0 Å². The first-order valence-electron chi connectivity index (χ1n) is 4.19. The van der Waals surface area contributed by atoms with Crippen molar-refractivity contribution in [1.82, 2.24) is 14.8 Å². The predicted octanol–water partition coefficient (Wildman–Crippen LogP) is 2.07. The summed E-state index contributed by atoms with van der Waals surface area (Å²) in [7, 11) is 0. The van der Waals surface area contributed by atoms with Gasteiger partial charge in [0, 0.05) is 6.07 Å². The van der Waals surface area contributed by atoms with E-state index in [4.69, 9.17) is 5.73 Å². The van der Waals surface area contributed by atoms with E-state index < -0.39 is 34.9 Å². The molecular formula is C8H4F4N4S. The van der Waals surface area contributed by atoms with Gasteiger partial charge in [0.05, 0.1) is 0 Å². The lowest BCUT2D eigenvalue weighted by Crippen LogP contribution is -2.09. The number of hydrogen-bond acceptors (Lipinski definition) is 3. The van der Waals surface area contributed by atoms with Gasteiger partial charge < -0.3 is 5.73 Å². The van der Waals surface area contributed by atoms with Gasteiger partial charge in [-0.1, -0.05) is 0 Å². The molecule has 0 unspecified atom stereocenters. The highest BCUT2D eigenvalue weighted by atomic mass is 32.1. The molecule has 2 rings (SSSR count). The fraction of sp³-hybridized carbons (Fsp3) is 0. The van der Waals surface area contributed by atoms with Gasteiger partial charge in [0.15, 0.2) is 23.3 Å². The molecule has 2 aromatic rings. The van der Waals surface area contributed by atoms with Crippen LogP contribution in [0, 0.1) is 28.0 Å². The first-order chi connectivity index (χ1) is 7.93. The van der Waals surface area contributed by atoms with Gasteiger partial charge in [0.2, 0.25) is 10.7 Å². The van der Waals surface area contributed by atoms with E-state index in [9.17, 15) is 17.6 Å². The molecule has 0 saturated heterocycles. The third-order valence-electron chi connectivity index (χ3n) is 2.01. The Balaban J connectivity index is 2.89. The van der Waals surface area contributed by atoms with Gasteiger partial charge in [0.25, 0.3) is 0 Å². The van der Waals surface area contributed by atoms with E-state index in [0.717, 1.165) is 0 Å². The standard InChI is InChI=1S/C8H4F4N4S/c9-2-1-3(10)5(12)6(4(2)11)16-7(13)14-15-8(16)17/h1H,(H2,13,14)(H,15,17). The van der Waals surface area contributed by atoms with E-state index >= 15 is 0 Å². The van der Waals surface area contributed by atoms with E-state index in [-0.39, 0.29) is 10.8 Å². The van der Waals surface area contributed by atoms with Crippen LogP contribution in [0.4, 0.5) is 23.5 Å². The van der Waals surface area contributed by atoms with E-state index in [1.54, 1.807) is 0 Å². The van der Waals surface area contributed by atoms with E-state index in [1.165, 1.54) is 0 Å². The molecule has 1 aromatic heterocycles. The average molecular weight is 264 g/mol. The summed E-state index contributed by atoms with van der Waals surface area (Å²) in [6.45, 7) is 0. The zero-order valence-corrected chi connectivity index (χ0v) is 8.79. The number of nitrogens with zero attached hydrogens (tertiary/aromatic N) is 2. The molecule has 0 radical (unpaired) electrons. The van der Waals surface area contributed by atoms with Crippen LogP contribution < -0.4 is 5.73 Å². The fourth-order valence-corrected chi connectivity index (χ4v) is 1.51. The van der Waals surface area contributed by atoms with E-state index in [0.29, 0.717) is 4.57 Å². The van der Waals surface area contributed by atoms with Crippen LogP contribution in [0.3, 0.4) is 0 Å². The number of aromatic nitrogens is 3. The Kier molecular flexibility index (Phi) is 2.62. The summed E-state index contributed by atoms with van der Waals surface area (Å²) in [6.07, 6.45) is 0. The Morgan fingerprint density at radius 1 is 1.18 bits per heavy atom. The zero-order valence-electron chi connectivity index (χ0n) is 7.97. The van der Waals surface area contributed by atoms with Crippen LogP contribution in [-0.4, -0.2) is 14.8 Å². The molecule has 0 fully saturated rings. The van der Waals surface area contributed by atoms with Gasteiger partial charge in [0.1, 0.15) is 5.69 Å². The number of nitrogen functional groups attached to an aromatic ring is 1. The molecule has 1 aromatic carbocycles. The second kappa shape index (κ2) is 3.84. The summed E-state index contributed by atoms with van der Waals surface area (Å²) in [6, 6.07) is 0.0913. The molecule has 0 aliphatic heterocycles. The Hall–Kier alpha value is -1.90. The molecule has 90 valence electrons. The minimum atomic E-state index is -1.60. The Bertz CT molecular complexity index is 621. The molecule has 0 aliphatic carbocycles.